The quantitative estimate of drug-likeness (QED) is 0.730. The van der Waals surface area contributed by atoms with Crippen molar-refractivity contribution in [2.24, 2.45) is 5.92 Å². The molecule has 1 aliphatic heterocycles. The Hall–Kier alpha value is -1.39. The normalized spacial score (nSPS) is 18.4. The van der Waals surface area contributed by atoms with E-state index in [4.69, 9.17) is 4.74 Å². The van der Waals surface area contributed by atoms with E-state index in [1.54, 1.807) is 7.11 Å². The van der Waals surface area contributed by atoms with Gasteiger partial charge in [-0.1, -0.05) is 12.1 Å². The number of carbonyl (C=O) groups is 1. The molecule has 1 aromatic rings. The van der Waals surface area contributed by atoms with Gasteiger partial charge < -0.3 is 14.7 Å². The second-order valence-electron chi connectivity index (χ2n) is 7.91. The van der Waals surface area contributed by atoms with Crippen molar-refractivity contribution in [2.75, 3.05) is 26.8 Å². The maximum Gasteiger partial charge on any atom is 0.253 e. The molecule has 0 bridgehead atoms. The van der Waals surface area contributed by atoms with Gasteiger partial charge in [0.2, 0.25) is 0 Å². The number of benzene rings is 1. The summed E-state index contributed by atoms with van der Waals surface area (Å²) in [5.74, 6) is 0.729. The first-order valence-corrected chi connectivity index (χ1v) is 9.48. The third-order valence-electron chi connectivity index (χ3n) is 4.97. The minimum absolute atomic E-state index is 0.140. The zero-order valence-corrected chi connectivity index (χ0v) is 16.0. The molecule has 1 N–H and O–H groups in total. The first kappa shape index (κ1) is 19.9. The van der Waals surface area contributed by atoms with Gasteiger partial charge in [-0.15, -0.1) is 0 Å². The summed E-state index contributed by atoms with van der Waals surface area (Å²) in [6, 6.07) is 7.88. The Morgan fingerprint density at radius 2 is 2.20 bits per heavy atom. The van der Waals surface area contributed by atoms with Crippen LogP contribution in [0.5, 0.6) is 0 Å². The van der Waals surface area contributed by atoms with E-state index in [0.717, 1.165) is 56.5 Å². The summed E-state index contributed by atoms with van der Waals surface area (Å²) in [5.41, 5.74) is 1.20. The predicted molar refractivity (Wildman–Crippen MR) is 101 cm³/mol. The highest BCUT2D eigenvalue weighted by Crippen LogP contribution is 2.23. The van der Waals surface area contributed by atoms with Gasteiger partial charge in [0.1, 0.15) is 0 Å². The molecule has 0 spiro atoms. The number of aliphatic hydroxyl groups is 1. The molecule has 0 unspecified atom stereocenters. The molecular weight excluding hydrogens is 314 g/mol. The maximum absolute atomic E-state index is 12.9. The summed E-state index contributed by atoms with van der Waals surface area (Å²) in [6.45, 7) is 6.15. The van der Waals surface area contributed by atoms with Crippen LogP contribution < -0.4 is 0 Å². The molecular formula is C21H33NO3. The third-order valence-corrected chi connectivity index (χ3v) is 4.97. The average molecular weight is 347 g/mol. The number of piperidine rings is 1. The monoisotopic (exact) mass is 347 g/mol. The number of ether oxygens (including phenoxy) is 1. The summed E-state index contributed by atoms with van der Waals surface area (Å²) in [6.07, 6.45) is 5.96. The fourth-order valence-corrected chi connectivity index (χ4v) is 3.49. The molecule has 4 heteroatoms. The van der Waals surface area contributed by atoms with Crippen molar-refractivity contribution in [3.05, 3.63) is 35.4 Å². The van der Waals surface area contributed by atoms with Crippen LogP contribution in [0.2, 0.25) is 0 Å². The molecule has 0 radical (unpaired) electrons. The van der Waals surface area contributed by atoms with Crippen LogP contribution in [0.3, 0.4) is 0 Å². The zero-order chi connectivity index (χ0) is 18.3. The van der Waals surface area contributed by atoms with E-state index in [9.17, 15) is 9.90 Å². The van der Waals surface area contributed by atoms with Gasteiger partial charge in [0.05, 0.1) is 5.60 Å². The van der Waals surface area contributed by atoms with Crippen LogP contribution in [0.15, 0.2) is 24.3 Å². The van der Waals surface area contributed by atoms with E-state index < -0.39 is 5.60 Å². The van der Waals surface area contributed by atoms with Gasteiger partial charge in [-0.3, -0.25) is 4.79 Å². The molecule has 2 rings (SSSR count). The number of hydrogen-bond acceptors (Lipinski definition) is 3. The molecule has 25 heavy (non-hydrogen) atoms. The van der Waals surface area contributed by atoms with Crippen LogP contribution in [0, 0.1) is 5.92 Å². The van der Waals surface area contributed by atoms with E-state index in [2.05, 4.69) is 0 Å². The Kier molecular flexibility index (Phi) is 7.45. The van der Waals surface area contributed by atoms with E-state index in [0.29, 0.717) is 12.3 Å². The number of likely N-dealkylation sites (tertiary alicyclic amines) is 1. The van der Waals surface area contributed by atoms with Crippen LogP contribution in [0.1, 0.15) is 61.9 Å². The van der Waals surface area contributed by atoms with Crippen LogP contribution in [-0.2, 0) is 11.2 Å². The van der Waals surface area contributed by atoms with Crippen LogP contribution in [0.4, 0.5) is 0 Å². The van der Waals surface area contributed by atoms with Crippen LogP contribution in [-0.4, -0.2) is 48.3 Å². The van der Waals surface area contributed by atoms with E-state index in [-0.39, 0.29) is 5.91 Å². The standard InChI is InChI=1S/C21H33NO3/c1-21(2,24)12-11-17-7-4-10-19(15-17)20(23)22-13-5-8-18(16-22)9-6-14-25-3/h4,7,10,15,18,24H,5-6,8-9,11-14,16H2,1-3H3/t18-/m0/s1. The summed E-state index contributed by atoms with van der Waals surface area (Å²) in [5, 5.41) is 9.90. The topological polar surface area (TPSA) is 49.8 Å². The van der Waals surface area contributed by atoms with Crippen molar-refractivity contribution in [2.45, 2.75) is 58.0 Å². The Labute approximate surface area is 152 Å². The SMILES string of the molecule is COCCC[C@@H]1CCCN(C(=O)c2cccc(CCC(C)(C)O)c2)C1. The van der Waals surface area contributed by atoms with Crippen molar-refractivity contribution in [1.29, 1.82) is 0 Å². The lowest BCUT2D eigenvalue weighted by Crippen LogP contribution is -2.40. The van der Waals surface area contributed by atoms with Gasteiger partial charge in [-0.25, -0.2) is 0 Å². The second-order valence-corrected chi connectivity index (χ2v) is 7.91. The highest BCUT2D eigenvalue weighted by molar-refractivity contribution is 5.94. The highest BCUT2D eigenvalue weighted by atomic mass is 16.5. The van der Waals surface area contributed by atoms with Crippen LogP contribution >= 0.6 is 0 Å². The largest absolute Gasteiger partial charge is 0.390 e. The predicted octanol–water partition coefficient (Wildman–Crippen LogP) is 3.67. The molecule has 0 aliphatic carbocycles. The fourth-order valence-electron chi connectivity index (χ4n) is 3.49. The van der Waals surface area contributed by atoms with E-state index >= 15 is 0 Å². The van der Waals surface area contributed by atoms with Crippen molar-refractivity contribution in [1.82, 2.24) is 4.90 Å². The summed E-state index contributed by atoms with van der Waals surface area (Å²) in [4.78, 5) is 14.9. The summed E-state index contributed by atoms with van der Waals surface area (Å²) in [7, 11) is 1.74. The second kappa shape index (κ2) is 9.35. The maximum atomic E-state index is 12.9. The Morgan fingerprint density at radius 3 is 2.92 bits per heavy atom. The zero-order valence-electron chi connectivity index (χ0n) is 16.0. The fraction of sp³-hybridized carbons (Fsp3) is 0.667. The van der Waals surface area contributed by atoms with Crippen molar-refractivity contribution in [3.8, 4) is 0 Å². The number of hydrogen-bond donors (Lipinski definition) is 1. The smallest absolute Gasteiger partial charge is 0.253 e. The summed E-state index contributed by atoms with van der Waals surface area (Å²) < 4.78 is 5.14. The van der Waals surface area contributed by atoms with Crippen molar-refractivity contribution < 1.29 is 14.6 Å². The number of rotatable bonds is 8. The van der Waals surface area contributed by atoms with Gasteiger partial charge in [-0.05, 0) is 76.0 Å². The highest BCUT2D eigenvalue weighted by Gasteiger charge is 2.24. The first-order valence-electron chi connectivity index (χ1n) is 9.48. The number of nitrogens with zero attached hydrogens (tertiary/aromatic N) is 1. The number of aryl methyl sites for hydroxylation is 1. The van der Waals surface area contributed by atoms with Gasteiger partial charge in [0.15, 0.2) is 0 Å². The molecule has 0 aromatic heterocycles. The lowest BCUT2D eigenvalue weighted by atomic mass is 9.93. The van der Waals surface area contributed by atoms with Gasteiger partial charge >= 0.3 is 0 Å². The minimum Gasteiger partial charge on any atom is -0.390 e. The number of carbonyl (C=O) groups excluding carboxylic acids is 1. The molecule has 140 valence electrons. The lowest BCUT2D eigenvalue weighted by molar-refractivity contribution is 0.0660. The molecule has 1 amide bonds. The molecule has 1 atom stereocenters. The molecule has 4 nitrogen and oxygen atoms in total. The molecule has 1 aromatic carbocycles. The Balaban J connectivity index is 1.95. The summed E-state index contributed by atoms with van der Waals surface area (Å²) >= 11 is 0. The average Bonchev–Trinajstić information content (AvgIpc) is 2.59. The van der Waals surface area contributed by atoms with Crippen molar-refractivity contribution in [3.63, 3.8) is 0 Å². The number of methoxy groups -OCH3 is 1. The molecule has 1 heterocycles. The minimum atomic E-state index is -0.678. The van der Waals surface area contributed by atoms with Gasteiger partial charge in [0, 0.05) is 32.4 Å². The Morgan fingerprint density at radius 1 is 1.40 bits per heavy atom. The number of amides is 1. The van der Waals surface area contributed by atoms with E-state index in [1.807, 2.05) is 43.0 Å². The van der Waals surface area contributed by atoms with Gasteiger partial charge in [0.25, 0.3) is 5.91 Å². The van der Waals surface area contributed by atoms with Crippen LogP contribution in [0.25, 0.3) is 0 Å². The van der Waals surface area contributed by atoms with Crippen molar-refractivity contribution >= 4 is 5.91 Å². The lowest BCUT2D eigenvalue weighted by Gasteiger charge is -2.33. The molecule has 0 saturated carbocycles. The molecule has 1 aliphatic rings. The molecule has 1 saturated heterocycles. The molecule has 1 fully saturated rings. The Bertz CT molecular complexity index is 550. The van der Waals surface area contributed by atoms with Gasteiger partial charge in [-0.2, -0.15) is 0 Å². The van der Waals surface area contributed by atoms with E-state index in [1.165, 1.54) is 6.42 Å². The first-order chi connectivity index (χ1) is 11.9. The third kappa shape index (κ3) is 6.79.